The van der Waals surface area contributed by atoms with E-state index in [0.717, 1.165) is 17.2 Å². The summed E-state index contributed by atoms with van der Waals surface area (Å²) in [5.74, 6) is 2.88. The molecule has 16 heavy (non-hydrogen) atoms. The molecule has 1 N–H and O–H groups in total. The fraction of sp³-hybridized carbons (Fsp3) is 0.385. The molecule has 86 valence electrons. The minimum atomic E-state index is 0.746. The maximum Gasteiger partial charge on any atom is 0.134 e. The summed E-state index contributed by atoms with van der Waals surface area (Å²) in [6, 6.07) is 8.21. The Morgan fingerprint density at radius 3 is 3.12 bits per heavy atom. The molecule has 1 heterocycles. The van der Waals surface area contributed by atoms with Gasteiger partial charge in [0.1, 0.15) is 11.7 Å². The van der Waals surface area contributed by atoms with Crippen molar-refractivity contribution in [1.82, 2.24) is 4.98 Å². The van der Waals surface area contributed by atoms with Crippen LogP contribution in [0.5, 0.6) is 5.75 Å². The van der Waals surface area contributed by atoms with Crippen LogP contribution in [-0.4, -0.2) is 16.7 Å². The molecular formula is C13H17NOS. The van der Waals surface area contributed by atoms with E-state index in [2.05, 4.69) is 30.1 Å². The van der Waals surface area contributed by atoms with Gasteiger partial charge in [0, 0.05) is 17.1 Å². The van der Waals surface area contributed by atoms with Crippen molar-refractivity contribution in [3.63, 3.8) is 0 Å². The zero-order valence-electron chi connectivity index (χ0n) is 9.53. The maximum absolute atomic E-state index is 5.68. The highest BCUT2D eigenvalue weighted by atomic mass is 32.2. The highest BCUT2D eigenvalue weighted by molar-refractivity contribution is 7.99. The summed E-state index contributed by atoms with van der Waals surface area (Å²) < 4.78 is 5.68. The molecule has 0 saturated heterocycles. The standard InChI is InChI=1S/C13H17NOS/c1-2-3-8-16-10-15-12-4-5-13-11(9-12)6-7-14-13/h4-7,9,14H,2-3,8,10H2,1H3. The van der Waals surface area contributed by atoms with Gasteiger partial charge in [0.05, 0.1) is 0 Å². The molecule has 1 aromatic heterocycles. The van der Waals surface area contributed by atoms with E-state index in [1.165, 1.54) is 24.0 Å². The number of benzene rings is 1. The molecule has 0 saturated carbocycles. The van der Waals surface area contributed by atoms with E-state index in [4.69, 9.17) is 4.74 Å². The number of ether oxygens (including phenoxy) is 1. The van der Waals surface area contributed by atoms with Crippen LogP contribution in [-0.2, 0) is 0 Å². The van der Waals surface area contributed by atoms with Crippen LogP contribution in [0, 0.1) is 0 Å². The Balaban J connectivity index is 1.84. The molecule has 0 fully saturated rings. The van der Waals surface area contributed by atoms with E-state index < -0.39 is 0 Å². The van der Waals surface area contributed by atoms with Gasteiger partial charge in [0.25, 0.3) is 0 Å². The summed E-state index contributed by atoms with van der Waals surface area (Å²) in [7, 11) is 0. The number of hydrogen-bond acceptors (Lipinski definition) is 2. The van der Waals surface area contributed by atoms with E-state index in [9.17, 15) is 0 Å². The molecule has 0 bridgehead atoms. The van der Waals surface area contributed by atoms with E-state index in [1.807, 2.05) is 24.0 Å². The Bertz CT molecular complexity index is 438. The van der Waals surface area contributed by atoms with Crippen molar-refractivity contribution in [2.75, 3.05) is 11.7 Å². The number of rotatable bonds is 6. The first-order valence-corrected chi connectivity index (χ1v) is 6.83. The van der Waals surface area contributed by atoms with Crippen molar-refractivity contribution in [3.05, 3.63) is 30.5 Å². The normalized spacial score (nSPS) is 10.8. The summed E-state index contributed by atoms with van der Waals surface area (Å²) in [5.41, 5.74) is 1.16. The molecule has 0 radical (unpaired) electrons. The van der Waals surface area contributed by atoms with E-state index in [0.29, 0.717) is 0 Å². The fourth-order valence-electron chi connectivity index (χ4n) is 1.54. The average Bonchev–Trinajstić information content (AvgIpc) is 2.76. The fourth-order valence-corrected chi connectivity index (χ4v) is 2.37. The molecule has 0 atom stereocenters. The molecule has 2 rings (SSSR count). The Morgan fingerprint density at radius 2 is 2.25 bits per heavy atom. The van der Waals surface area contributed by atoms with E-state index >= 15 is 0 Å². The van der Waals surface area contributed by atoms with Gasteiger partial charge < -0.3 is 9.72 Å². The number of fused-ring (bicyclic) bond motifs is 1. The zero-order chi connectivity index (χ0) is 11.2. The highest BCUT2D eigenvalue weighted by Crippen LogP contribution is 2.20. The van der Waals surface area contributed by atoms with Gasteiger partial charge in [0.2, 0.25) is 0 Å². The molecule has 0 amide bonds. The van der Waals surface area contributed by atoms with Crippen LogP contribution in [0.1, 0.15) is 19.8 Å². The van der Waals surface area contributed by atoms with Gasteiger partial charge in [-0.2, -0.15) is 0 Å². The van der Waals surface area contributed by atoms with Gasteiger partial charge in [-0.15, -0.1) is 11.8 Å². The van der Waals surface area contributed by atoms with Crippen molar-refractivity contribution in [2.24, 2.45) is 0 Å². The summed E-state index contributed by atoms with van der Waals surface area (Å²) in [6.07, 6.45) is 4.47. The zero-order valence-corrected chi connectivity index (χ0v) is 10.3. The van der Waals surface area contributed by atoms with E-state index in [-0.39, 0.29) is 0 Å². The second-order valence-electron chi connectivity index (χ2n) is 3.75. The quantitative estimate of drug-likeness (QED) is 0.604. The molecule has 2 aromatic rings. The first kappa shape index (κ1) is 11.4. The van der Waals surface area contributed by atoms with Crippen molar-refractivity contribution < 1.29 is 4.74 Å². The second-order valence-corrected chi connectivity index (χ2v) is 4.80. The molecule has 0 unspecified atom stereocenters. The van der Waals surface area contributed by atoms with Crippen LogP contribution in [0.25, 0.3) is 10.9 Å². The number of nitrogens with one attached hydrogen (secondary N) is 1. The number of unbranched alkanes of at least 4 members (excludes halogenated alkanes) is 1. The Kier molecular flexibility index (Phi) is 4.17. The largest absolute Gasteiger partial charge is 0.483 e. The first-order chi connectivity index (χ1) is 7.90. The predicted molar refractivity (Wildman–Crippen MR) is 71.2 cm³/mol. The van der Waals surface area contributed by atoms with Crippen LogP contribution in [0.4, 0.5) is 0 Å². The SMILES string of the molecule is CCCCSCOc1ccc2[nH]ccc2c1. The lowest BCUT2D eigenvalue weighted by molar-refractivity contribution is 0.393. The third kappa shape index (κ3) is 2.95. The molecular weight excluding hydrogens is 218 g/mol. The minimum Gasteiger partial charge on any atom is -0.483 e. The topological polar surface area (TPSA) is 25.0 Å². The average molecular weight is 235 g/mol. The van der Waals surface area contributed by atoms with Gasteiger partial charge in [0.15, 0.2) is 0 Å². The lowest BCUT2D eigenvalue weighted by Gasteiger charge is -2.05. The summed E-state index contributed by atoms with van der Waals surface area (Å²) in [5, 5.41) is 1.20. The van der Waals surface area contributed by atoms with Crippen LogP contribution < -0.4 is 4.74 Å². The van der Waals surface area contributed by atoms with Crippen molar-refractivity contribution in [1.29, 1.82) is 0 Å². The van der Waals surface area contributed by atoms with Gasteiger partial charge in [-0.25, -0.2) is 0 Å². The van der Waals surface area contributed by atoms with Crippen molar-refractivity contribution in [3.8, 4) is 5.75 Å². The van der Waals surface area contributed by atoms with Gasteiger partial charge in [-0.1, -0.05) is 13.3 Å². The molecule has 0 aliphatic carbocycles. The third-order valence-corrected chi connectivity index (χ3v) is 3.34. The molecule has 0 aliphatic heterocycles. The van der Waals surface area contributed by atoms with Crippen molar-refractivity contribution >= 4 is 22.7 Å². The number of H-pyrrole nitrogens is 1. The molecule has 1 aromatic carbocycles. The first-order valence-electron chi connectivity index (χ1n) is 5.68. The Morgan fingerprint density at radius 1 is 1.31 bits per heavy atom. The molecule has 0 spiro atoms. The number of aromatic nitrogens is 1. The molecule has 0 aliphatic rings. The van der Waals surface area contributed by atoms with Crippen LogP contribution in [0.2, 0.25) is 0 Å². The molecule has 3 heteroatoms. The van der Waals surface area contributed by atoms with E-state index in [1.54, 1.807) is 0 Å². The Labute approximate surface area is 100 Å². The Hall–Kier alpha value is -1.09. The minimum absolute atomic E-state index is 0.746. The van der Waals surface area contributed by atoms with Gasteiger partial charge >= 0.3 is 0 Å². The third-order valence-electron chi connectivity index (χ3n) is 2.48. The summed E-state index contributed by atoms with van der Waals surface area (Å²) in [6.45, 7) is 2.21. The van der Waals surface area contributed by atoms with Gasteiger partial charge in [-0.05, 0) is 36.4 Å². The van der Waals surface area contributed by atoms with Gasteiger partial charge in [-0.3, -0.25) is 0 Å². The molecule has 2 nitrogen and oxygen atoms in total. The smallest absolute Gasteiger partial charge is 0.134 e. The summed E-state index contributed by atoms with van der Waals surface area (Å²) in [4.78, 5) is 3.17. The number of thioether (sulfide) groups is 1. The predicted octanol–water partition coefficient (Wildman–Crippen LogP) is 4.04. The van der Waals surface area contributed by atoms with Crippen LogP contribution >= 0.6 is 11.8 Å². The van der Waals surface area contributed by atoms with Crippen LogP contribution in [0.3, 0.4) is 0 Å². The monoisotopic (exact) mass is 235 g/mol. The summed E-state index contributed by atoms with van der Waals surface area (Å²) >= 11 is 1.85. The van der Waals surface area contributed by atoms with Crippen molar-refractivity contribution in [2.45, 2.75) is 19.8 Å². The van der Waals surface area contributed by atoms with Crippen LogP contribution in [0.15, 0.2) is 30.5 Å². The maximum atomic E-state index is 5.68. The highest BCUT2D eigenvalue weighted by Gasteiger charge is 1.97. The lowest BCUT2D eigenvalue weighted by atomic mass is 10.2. The second kappa shape index (κ2) is 5.85. The number of aromatic amines is 1. The number of hydrogen-bond donors (Lipinski definition) is 1. The lowest BCUT2D eigenvalue weighted by Crippen LogP contribution is -1.93.